The van der Waals surface area contributed by atoms with Crippen molar-refractivity contribution < 1.29 is 14.7 Å². The Bertz CT molecular complexity index is 558. The molecule has 0 unspecified atom stereocenters. The summed E-state index contributed by atoms with van der Waals surface area (Å²) in [5.41, 5.74) is 7.31. The van der Waals surface area contributed by atoms with Crippen LogP contribution in [0.1, 0.15) is 18.9 Å². The van der Waals surface area contributed by atoms with E-state index in [0.717, 1.165) is 0 Å². The number of hydrogen-bond acceptors (Lipinski definition) is 4. The fourth-order valence-corrected chi connectivity index (χ4v) is 1.78. The highest BCUT2D eigenvalue weighted by Crippen LogP contribution is 2.32. The first kappa shape index (κ1) is 15.3. The molecular formula is C11H11Cl2N3O3. The maximum atomic E-state index is 11.0. The molecule has 0 radical (unpaired) electrons. The van der Waals surface area contributed by atoms with Gasteiger partial charge in [-0.1, -0.05) is 30.1 Å². The minimum Gasteiger partial charge on any atom is -0.506 e. The van der Waals surface area contributed by atoms with Crippen molar-refractivity contribution in [3.63, 3.8) is 0 Å². The zero-order valence-electron chi connectivity index (χ0n) is 9.91. The van der Waals surface area contributed by atoms with Crippen LogP contribution in [0.4, 0.5) is 0 Å². The fourth-order valence-electron chi connectivity index (χ4n) is 1.29. The van der Waals surface area contributed by atoms with Crippen molar-refractivity contribution in [2.24, 2.45) is 10.8 Å². The van der Waals surface area contributed by atoms with E-state index in [-0.39, 0.29) is 16.3 Å². The molecule has 0 bridgehead atoms. The van der Waals surface area contributed by atoms with Gasteiger partial charge in [-0.15, -0.1) is 0 Å². The Kier molecular flexibility index (Phi) is 5.14. The summed E-state index contributed by atoms with van der Waals surface area (Å²) in [5.74, 6) is -2.42. The average Bonchev–Trinajstić information content (AvgIpc) is 2.35. The summed E-state index contributed by atoms with van der Waals surface area (Å²) in [7, 11) is 0. The van der Waals surface area contributed by atoms with E-state index in [0.29, 0.717) is 17.2 Å². The summed E-state index contributed by atoms with van der Waals surface area (Å²) in [6, 6.07) is 2.82. The highest BCUT2D eigenvalue weighted by molar-refractivity contribution is 6.36. The van der Waals surface area contributed by atoms with E-state index in [1.807, 2.05) is 5.43 Å². The molecule has 0 aliphatic heterocycles. The summed E-state index contributed by atoms with van der Waals surface area (Å²) in [6.45, 7) is 1.74. The standard InChI is InChI=1S/C11H11Cl2N3O3/c1-2-8(15-16-11(19)10(14)18)6-3-5(12)4-7(13)9(6)17/h3-4,17H,2H2,1H3,(H2,14,18)(H,16,19)/b15-8+. The van der Waals surface area contributed by atoms with Crippen LogP contribution >= 0.6 is 23.2 Å². The molecule has 0 atom stereocenters. The van der Waals surface area contributed by atoms with E-state index in [1.54, 1.807) is 6.92 Å². The predicted molar refractivity (Wildman–Crippen MR) is 72.3 cm³/mol. The lowest BCUT2D eigenvalue weighted by Gasteiger charge is -2.09. The van der Waals surface area contributed by atoms with Gasteiger partial charge in [-0.3, -0.25) is 9.59 Å². The first-order valence-electron chi connectivity index (χ1n) is 5.21. The molecule has 19 heavy (non-hydrogen) atoms. The summed E-state index contributed by atoms with van der Waals surface area (Å²) in [5, 5.41) is 13.9. The highest BCUT2D eigenvalue weighted by atomic mass is 35.5. The lowest BCUT2D eigenvalue weighted by atomic mass is 10.1. The van der Waals surface area contributed by atoms with Crippen molar-refractivity contribution >= 4 is 40.7 Å². The number of amides is 2. The lowest BCUT2D eigenvalue weighted by Crippen LogP contribution is -2.33. The number of carbonyl (C=O) groups excluding carboxylic acids is 2. The van der Waals surface area contributed by atoms with Gasteiger partial charge in [-0.2, -0.15) is 5.10 Å². The van der Waals surface area contributed by atoms with Crippen LogP contribution < -0.4 is 11.2 Å². The maximum absolute atomic E-state index is 11.0. The number of rotatable bonds is 3. The highest BCUT2D eigenvalue weighted by Gasteiger charge is 2.14. The van der Waals surface area contributed by atoms with Crippen LogP contribution in [0.5, 0.6) is 5.75 Å². The molecule has 4 N–H and O–H groups in total. The van der Waals surface area contributed by atoms with Crippen LogP contribution in [0.2, 0.25) is 10.0 Å². The molecular weight excluding hydrogens is 293 g/mol. The van der Waals surface area contributed by atoms with E-state index in [9.17, 15) is 14.7 Å². The Labute approximate surface area is 119 Å². The molecule has 102 valence electrons. The van der Waals surface area contributed by atoms with Crippen molar-refractivity contribution in [3.05, 3.63) is 27.7 Å². The van der Waals surface area contributed by atoms with Crippen molar-refractivity contribution in [2.45, 2.75) is 13.3 Å². The average molecular weight is 304 g/mol. The first-order chi connectivity index (χ1) is 8.86. The SMILES string of the molecule is CC/C(=N\NC(=O)C(N)=O)c1cc(Cl)cc(Cl)c1O. The van der Waals surface area contributed by atoms with Crippen LogP contribution in [0.25, 0.3) is 0 Å². The molecule has 0 aromatic heterocycles. The van der Waals surface area contributed by atoms with E-state index < -0.39 is 11.8 Å². The largest absolute Gasteiger partial charge is 0.506 e. The number of nitrogens with zero attached hydrogens (tertiary/aromatic N) is 1. The van der Waals surface area contributed by atoms with Gasteiger partial charge in [-0.05, 0) is 18.6 Å². The lowest BCUT2D eigenvalue weighted by molar-refractivity contribution is -0.137. The predicted octanol–water partition coefficient (Wildman–Crippen LogP) is 1.41. The normalized spacial score (nSPS) is 11.2. The molecule has 2 amide bonds. The topological polar surface area (TPSA) is 105 Å². The zero-order chi connectivity index (χ0) is 14.6. The minimum absolute atomic E-state index is 0.0601. The second-order valence-corrected chi connectivity index (χ2v) is 4.34. The minimum atomic E-state index is -1.16. The van der Waals surface area contributed by atoms with Crippen LogP contribution in [0.15, 0.2) is 17.2 Å². The Morgan fingerprint density at radius 2 is 2.05 bits per heavy atom. The van der Waals surface area contributed by atoms with E-state index >= 15 is 0 Å². The number of halogens is 2. The third kappa shape index (κ3) is 3.84. The molecule has 0 aliphatic rings. The number of phenolic OH excluding ortho intramolecular Hbond substituents is 1. The number of hydrogen-bond donors (Lipinski definition) is 3. The number of aromatic hydroxyl groups is 1. The second-order valence-electron chi connectivity index (χ2n) is 3.50. The van der Waals surface area contributed by atoms with Gasteiger partial charge in [0.25, 0.3) is 0 Å². The molecule has 0 aliphatic carbocycles. The molecule has 0 fully saturated rings. The molecule has 0 saturated carbocycles. The first-order valence-corrected chi connectivity index (χ1v) is 5.97. The number of nitrogens with two attached hydrogens (primary N) is 1. The van der Waals surface area contributed by atoms with Crippen molar-refractivity contribution in [3.8, 4) is 5.75 Å². The molecule has 0 saturated heterocycles. The number of benzene rings is 1. The Morgan fingerprint density at radius 3 is 2.58 bits per heavy atom. The molecule has 6 nitrogen and oxygen atoms in total. The second kappa shape index (κ2) is 6.40. The molecule has 1 aromatic carbocycles. The van der Waals surface area contributed by atoms with Crippen molar-refractivity contribution in [1.29, 1.82) is 0 Å². The third-order valence-corrected chi connectivity index (χ3v) is 2.70. The van der Waals surface area contributed by atoms with Crippen LogP contribution in [0, 0.1) is 0 Å². The van der Waals surface area contributed by atoms with Crippen molar-refractivity contribution in [2.75, 3.05) is 0 Å². The van der Waals surface area contributed by atoms with Gasteiger partial charge < -0.3 is 10.8 Å². The van der Waals surface area contributed by atoms with Gasteiger partial charge in [0, 0.05) is 10.6 Å². The summed E-state index contributed by atoms with van der Waals surface area (Å²) < 4.78 is 0. The smallest absolute Gasteiger partial charge is 0.329 e. The third-order valence-electron chi connectivity index (χ3n) is 2.19. The quantitative estimate of drug-likeness (QED) is 0.446. The number of hydrazone groups is 1. The number of carbonyl (C=O) groups is 2. The van der Waals surface area contributed by atoms with Crippen LogP contribution in [-0.2, 0) is 9.59 Å². The van der Waals surface area contributed by atoms with Crippen LogP contribution in [0.3, 0.4) is 0 Å². The van der Waals surface area contributed by atoms with Gasteiger partial charge in [0.15, 0.2) is 0 Å². The van der Waals surface area contributed by atoms with Gasteiger partial charge in [-0.25, -0.2) is 5.43 Å². The maximum Gasteiger partial charge on any atom is 0.329 e. The summed E-state index contributed by atoms with van der Waals surface area (Å²) in [4.78, 5) is 21.6. The summed E-state index contributed by atoms with van der Waals surface area (Å²) >= 11 is 11.6. The Balaban J connectivity index is 3.13. The summed E-state index contributed by atoms with van der Waals surface area (Å²) in [6.07, 6.45) is 0.364. The van der Waals surface area contributed by atoms with Gasteiger partial charge >= 0.3 is 11.8 Å². The molecule has 0 spiro atoms. The van der Waals surface area contributed by atoms with E-state index in [1.165, 1.54) is 12.1 Å². The fraction of sp³-hybridized carbons (Fsp3) is 0.182. The Hall–Kier alpha value is -1.79. The number of phenols is 1. The van der Waals surface area contributed by atoms with Gasteiger partial charge in [0.2, 0.25) is 0 Å². The van der Waals surface area contributed by atoms with Gasteiger partial charge in [0.05, 0.1) is 10.7 Å². The number of nitrogens with one attached hydrogen (secondary N) is 1. The molecule has 1 rings (SSSR count). The van der Waals surface area contributed by atoms with E-state index in [4.69, 9.17) is 28.9 Å². The molecule has 1 aromatic rings. The molecule has 8 heteroatoms. The monoisotopic (exact) mass is 303 g/mol. The number of primary amides is 1. The zero-order valence-corrected chi connectivity index (χ0v) is 11.4. The Morgan fingerprint density at radius 1 is 1.42 bits per heavy atom. The van der Waals surface area contributed by atoms with Crippen LogP contribution in [-0.4, -0.2) is 22.6 Å². The van der Waals surface area contributed by atoms with Gasteiger partial charge in [0.1, 0.15) is 5.75 Å². The molecule has 0 heterocycles. The van der Waals surface area contributed by atoms with Crippen molar-refractivity contribution in [1.82, 2.24) is 5.43 Å². The van der Waals surface area contributed by atoms with E-state index in [2.05, 4.69) is 5.10 Å².